The van der Waals surface area contributed by atoms with Crippen molar-refractivity contribution in [2.24, 2.45) is 0 Å². The van der Waals surface area contributed by atoms with Crippen molar-refractivity contribution >= 4 is 15.5 Å². The number of nitrogens with one attached hydrogen (secondary N) is 2. The van der Waals surface area contributed by atoms with Crippen molar-refractivity contribution in [3.63, 3.8) is 0 Å². The predicted octanol–water partition coefficient (Wildman–Crippen LogP) is 0.863. The number of rotatable bonds is 5. The number of H-pyrrole nitrogens is 1. The molecule has 150 valence electrons. The lowest BCUT2D eigenvalue weighted by Crippen LogP contribution is -2.28. The molecule has 0 bridgehead atoms. The van der Waals surface area contributed by atoms with Gasteiger partial charge < -0.3 is 14.8 Å². The van der Waals surface area contributed by atoms with Crippen molar-refractivity contribution in [3.8, 4) is 11.5 Å². The minimum Gasteiger partial charge on any atom is -0.334 e. The zero-order valence-electron chi connectivity index (χ0n) is 15.7. The van der Waals surface area contributed by atoms with Crippen molar-refractivity contribution < 1.29 is 12.9 Å². The molecule has 1 aliphatic heterocycles. The van der Waals surface area contributed by atoms with Crippen LogP contribution in [0.4, 0.5) is 0 Å². The van der Waals surface area contributed by atoms with Crippen LogP contribution < -0.4 is 10.9 Å². The van der Waals surface area contributed by atoms with Crippen LogP contribution in [0.1, 0.15) is 44.1 Å². The van der Waals surface area contributed by atoms with Gasteiger partial charge in [0.2, 0.25) is 0 Å². The van der Waals surface area contributed by atoms with Crippen LogP contribution in [-0.4, -0.2) is 51.5 Å². The third-order valence-corrected chi connectivity index (χ3v) is 7.14. The summed E-state index contributed by atoms with van der Waals surface area (Å²) in [6, 6.07) is 1.58. The molecule has 1 aliphatic rings. The molecule has 2 N–H and O–H groups in total. The summed E-state index contributed by atoms with van der Waals surface area (Å²) in [4.78, 5) is 19.2. The minimum atomic E-state index is -3.35. The van der Waals surface area contributed by atoms with Gasteiger partial charge in [-0.1, -0.05) is 5.16 Å². The van der Waals surface area contributed by atoms with E-state index in [-0.39, 0.29) is 28.9 Å². The summed E-state index contributed by atoms with van der Waals surface area (Å²) in [5.74, 6) is 0.139. The first kappa shape index (κ1) is 18.8. The normalized spacial score (nSPS) is 16.2. The molecule has 28 heavy (non-hydrogen) atoms. The van der Waals surface area contributed by atoms with Gasteiger partial charge in [-0.2, -0.15) is 10.1 Å². The highest BCUT2D eigenvalue weighted by molar-refractivity contribution is 7.91. The molecule has 3 aromatic heterocycles. The Bertz CT molecular complexity index is 1150. The van der Waals surface area contributed by atoms with Gasteiger partial charge in [-0.25, -0.2) is 12.9 Å². The van der Waals surface area contributed by atoms with Crippen molar-refractivity contribution in [1.82, 2.24) is 30.1 Å². The van der Waals surface area contributed by atoms with Crippen molar-refractivity contribution in [1.29, 1.82) is 0 Å². The van der Waals surface area contributed by atoms with Crippen LogP contribution in [0, 0.1) is 0 Å². The lowest BCUT2D eigenvalue weighted by atomic mass is 9.94. The van der Waals surface area contributed by atoms with Crippen molar-refractivity contribution in [2.75, 3.05) is 13.1 Å². The highest BCUT2D eigenvalue weighted by atomic mass is 32.2. The van der Waals surface area contributed by atoms with Crippen LogP contribution in [0.2, 0.25) is 0 Å². The summed E-state index contributed by atoms with van der Waals surface area (Å²) in [5, 5.41) is 11.0. The number of piperidine rings is 1. The zero-order valence-corrected chi connectivity index (χ0v) is 16.5. The molecule has 0 amide bonds. The Hall–Kier alpha value is -2.53. The first-order valence-corrected chi connectivity index (χ1v) is 10.9. The number of nitrogens with zero attached hydrogens (tertiary/aromatic N) is 4. The average Bonchev–Trinajstić information content (AvgIpc) is 3.27. The Balaban J connectivity index is 1.73. The molecule has 1 saturated heterocycles. The number of hydrogen-bond acceptors (Lipinski definition) is 8. The maximum Gasteiger partial charge on any atom is 0.263 e. The fourth-order valence-corrected chi connectivity index (χ4v) is 4.16. The maximum absolute atomic E-state index is 12.2. The first-order valence-electron chi connectivity index (χ1n) is 9.21. The molecule has 0 spiro atoms. The molecule has 0 aliphatic carbocycles. The average molecular weight is 406 g/mol. The van der Waals surface area contributed by atoms with Gasteiger partial charge in [0.1, 0.15) is 17.0 Å². The van der Waals surface area contributed by atoms with E-state index in [9.17, 15) is 13.2 Å². The van der Waals surface area contributed by atoms with Crippen molar-refractivity contribution in [2.45, 2.75) is 43.6 Å². The van der Waals surface area contributed by atoms with E-state index in [2.05, 4.69) is 25.5 Å². The van der Waals surface area contributed by atoms with Gasteiger partial charge in [0.05, 0.1) is 17.1 Å². The van der Waals surface area contributed by atoms with Crippen LogP contribution in [0.25, 0.3) is 17.1 Å². The Morgan fingerprint density at radius 1 is 1.32 bits per heavy atom. The molecule has 10 nitrogen and oxygen atoms in total. The van der Waals surface area contributed by atoms with Crippen molar-refractivity contribution in [3.05, 3.63) is 34.1 Å². The van der Waals surface area contributed by atoms with E-state index in [1.54, 1.807) is 30.6 Å². The Labute approximate surface area is 161 Å². The van der Waals surface area contributed by atoms with Gasteiger partial charge in [-0.3, -0.25) is 4.79 Å². The number of aromatic amines is 1. The summed E-state index contributed by atoms with van der Waals surface area (Å²) >= 11 is 0. The number of aromatic nitrogens is 5. The monoisotopic (exact) mass is 406 g/mol. The number of sulfone groups is 1. The number of hydrogen-bond donors (Lipinski definition) is 2. The highest BCUT2D eigenvalue weighted by Crippen LogP contribution is 2.27. The predicted molar refractivity (Wildman–Crippen MR) is 102 cm³/mol. The van der Waals surface area contributed by atoms with Gasteiger partial charge in [0.15, 0.2) is 15.7 Å². The van der Waals surface area contributed by atoms with Crippen LogP contribution in [-0.2, 0) is 15.6 Å². The summed E-state index contributed by atoms with van der Waals surface area (Å²) in [6.07, 6.45) is 3.39. The molecule has 3 aromatic rings. The van der Waals surface area contributed by atoms with Gasteiger partial charge in [0, 0.05) is 12.0 Å². The van der Waals surface area contributed by atoms with Gasteiger partial charge >= 0.3 is 0 Å². The van der Waals surface area contributed by atoms with Gasteiger partial charge in [0.25, 0.3) is 11.4 Å². The highest BCUT2D eigenvalue weighted by Gasteiger charge is 2.24. The lowest BCUT2D eigenvalue weighted by molar-refractivity contribution is 0.424. The summed E-state index contributed by atoms with van der Waals surface area (Å²) < 4.78 is 31.1. The molecular formula is C17H22N6O4S. The van der Waals surface area contributed by atoms with E-state index in [4.69, 9.17) is 4.52 Å². The smallest absolute Gasteiger partial charge is 0.263 e. The second-order valence-corrected chi connectivity index (χ2v) is 9.83. The Morgan fingerprint density at radius 2 is 2.07 bits per heavy atom. The fourth-order valence-electron chi connectivity index (χ4n) is 3.35. The second-order valence-electron chi connectivity index (χ2n) is 7.27. The van der Waals surface area contributed by atoms with Gasteiger partial charge in [-0.05, 0) is 39.8 Å². The zero-order chi connectivity index (χ0) is 19.9. The molecular weight excluding hydrogens is 384 g/mol. The first-order chi connectivity index (χ1) is 13.3. The molecule has 0 saturated carbocycles. The molecule has 0 aromatic carbocycles. The van der Waals surface area contributed by atoms with E-state index in [0.717, 1.165) is 31.6 Å². The van der Waals surface area contributed by atoms with E-state index in [0.29, 0.717) is 11.2 Å². The van der Waals surface area contributed by atoms with Crippen LogP contribution >= 0.6 is 0 Å². The minimum absolute atomic E-state index is 0.0832. The third kappa shape index (κ3) is 3.47. The second kappa shape index (κ2) is 7.13. The largest absolute Gasteiger partial charge is 0.334 e. The van der Waals surface area contributed by atoms with Crippen LogP contribution in [0.3, 0.4) is 0 Å². The summed E-state index contributed by atoms with van der Waals surface area (Å²) in [5.41, 5.74) is 1.54. The molecule has 4 heterocycles. The van der Waals surface area contributed by atoms with E-state index >= 15 is 0 Å². The standard InChI is InChI=1S/C17H22N6O4S/c1-10(2)28(25,26)9-14-20-17(27-22-14)12-8-19-23-13(7-15(24)21-16(12)23)11-3-5-18-6-4-11/h7-8,10-11,18H,3-6,9H2,1-2H3,(H,21,24). The Morgan fingerprint density at radius 3 is 2.79 bits per heavy atom. The molecule has 0 atom stereocenters. The Kier molecular flexibility index (Phi) is 4.79. The van der Waals surface area contributed by atoms with Gasteiger partial charge in [-0.15, -0.1) is 0 Å². The molecule has 11 heteroatoms. The molecule has 1 fully saturated rings. The summed E-state index contributed by atoms with van der Waals surface area (Å²) in [7, 11) is -3.35. The van der Waals surface area contributed by atoms with E-state index in [1.165, 1.54) is 0 Å². The van der Waals surface area contributed by atoms with E-state index < -0.39 is 15.1 Å². The third-order valence-electron chi connectivity index (χ3n) is 5.04. The molecule has 0 radical (unpaired) electrons. The molecule has 0 unspecified atom stereocenters. The topological polar surface area (TPSA) is 135 Å². The quantitative estimate of drug-likeness (QED) is 0.637. The fraction of sp³-hybridized carbons (Fsp3) is 0.529. The van der Waals surface area contributed by atoms with Crippen LogP contribution in [0.15, 0.2) is 21.6 Å². The lowest BCUT2D eigenvalue weighted by Gasteiger charge is -2.23. The molecule has 4 rings (SSSR count). The summed E-state index contributed by atoms with van der Waals surface area (Å²) in [6.45, 7) is 5.00. The maximum atomic E-state index is 12.2. The number of fused-ring (bicyclic) bond motifs is 1. The van der Waals surface area contributed by atoms with Crippen LogP contribution in [0.5, 0.6) is 0 Å². The SMILES string of the molecule is CC(C)S(=O)(=O)Cc1noc(-c2cnn3c(C4CCNCC4)cc(=O)[nH]c23)n1. The van der Waals surface area contributed by atoms with E-state index in [1.807, 2.05) is 0 Å².